The number of alkyl halides is 2. The summed E-state index contributed by atoms with van der Waals surface area (Å²) in [5.41, 5.74) is -8.42. The number of carbonyl (C=O) groups is 2. The summed E-state index contributed by atoms with van der Waals surface area (Å²) in [4.78, 5) is 26.9. The number of hydrogen-bond donors (Lipinski definition) is 0. The lowest BCUT2D eigenvalue weighted by molar-refractivity contribution is -0.450. The van der Waals surface area contributed by atoms with Crippen LogP contribution in [0.2, 0.25) is 0 Å². The Balaban J connectivity index is 0.000000300. The highest BCUT2D eigenvalue weighted by Crippen LogP contribution is 2.31. The van der Waals surface area contributed by atoms with Crippen LogP contribution in [0.5, 0.6) is 0 Å². The average Bonchev–Trinajstić information content (AvgIpc) is 3.31. The van der Waals surface area contributed by atoms with Gasteiger partial charge in [-0.3, -0.25) is 0 Å². The summed E-state index contributed by atoms with van der Waals surface area (Å²) < 4.78 is 300. The van der Waals surface area contributed by atoms with Gasteiger partial charge in [0.05, 0.1) is 5.34 Å². The summed E-state index contributed by atoms with van der Waals surface area (Å²) in [6.07, 6.45) is -1.86. The van der Waals surface area contributed by atoms with Crippen LogP contribution in [0.15, 0.2) is 0 Å². The summed E-state index contributed by atoms with van der Waals surface area (Å²) in [6.45, 7) is 0.642. The maximum atomic E-state index is 15.0. The van der Waals surface area contributed by atoms with Crippen LogP contribution >= 0.6 is 23.2 Å². The SMILES string of the molecule is CC(C)N1C=[N+](C(C)C)[B-](c2c(F)c(F)c(F)c(F)c2F)(c2c(F)c(F)c(F)c(F)c2F)OC1=O.CC(C)N1C=[N+](C(C)C)[B-](c2c(F)c(F)c(F)c(F)c2F)(c2c(F)c(F)c(F)c(F)c2F)OC1=O.ClCCl. The van der Waals surface area contributed by atoms with Crippen LogP contribution in [0, 0.1) is 116 Å². The van der Waals surface area contributed by atoms with E-state index in [-0.39, 0.29) is 5.34 Å². The summed E-state index contributed by atoms with van der Waals surface area (Å²) in [7, 11) is 0. The van der Waals surface area contributed by atoms with E-state index in [9.17, 15) is 62.3 Å². The smallest absolute Gasteiger partial charge is 0.461 e. The van der Waals surface area contributed by atoms with Crippen LogP contribution in [-0.2, 0) is 9.31 Å². The highest BCUT2D eigenvalue weighted by molar-refractivity contribution is 6.93. The van der Waals surface area contributed by atoms with Gasteiger partial charge in [0.25, 0.3) is 0 Å². The second kappa shape index (κ2) is 21.9. The number of nitrogens with zero attached hydrogens (tertiary/aromatic N) is 4. The Kier molecular flexibility index (Phi) is 17.9. The molecular weight excluding hydrogens is 1080 g/mol. The highest BCUT2D eigenvalue weighted by Gasteiger charge is 2.59. The summed E-state index contributed by atoms with van der Waals surface area (Å²) in [6, 6.07) is -4.03. The van der Waals surface area contributed by atoms with E-state index in [4.69, 9.17) is 32.5 Å². The Hall–Kier alpha value is -5.93. The Bertz CT molecular complexity index is 2540. The van der Waals surface area contributed by atoms with Gasteiger partial charge in [-0.2, -0.15) is 9.80 Å². The fourth-order valence-electron chi connectivity index (χ4n) is 7.88. The van der Waals surface area contributed by atoms with Gasteiger partial charge < -0.3 is 18.3 Å². The maximum Gasteiger partial charge on any atom is 0.461 e. The predicted octanol–water partition coefficient (Wildman–Crippen LogP) is 9.31. The molecule has 0 spiro atoms. The molecule has 2 aliphatic rings. The lowest BCUT2D eigenvalue weighted by atomic mass is 9.39. The molecule has 6 rings (SSSR count). The third-order valence-electron chi connectivity index (χ3n) is 11.2. The van der Waals surface area contributed by atoms with Crippen LogP contribution in [-0.4, -0.2) is 86.1 Å². The minimum absolute atomic E-state index is 0.194. The van der Waals surface area contributed by atoms with Crippen molar-refractivity contribution in [2.45, 2.75) is 79.6 Å². The monoisotopic (exact) mass is 1120 g/mol. The molecule has 0 fully saturated rings. The van der Waals surface area contributed by atoms with E-state index >= 15 is 35.1 Å². The molecule has 2 aliphatic heterocycles. The first kappa shape index (κ1) is 59.6. The molecule has 0 N–H and O–H groups in total. The third kappa shape index (κ3) is 9.60. The molecule has 0 unspecified atom stereocenters. The predicted molar refractivity (Wildman–Crippen MR) is 221 cm³/mol. The van der Waals surface area contributed by atoms with E-state index < -0.39 is 188 Å². The Morgan fingerprint density at radius 1 is 0.370 bits per heavy atom. The zero-order valence-corrected chi connectivity index (χ0v) is 39.6. The molecule has 8 nitrogen and oxygen atoms in total. The summed E-state index contributed by atoms with van der Waals surface area (Å²) >= 11 is 9.53. The van der Waals surface area contributed by atoms with Gasteiger partial charge in [0.1, 0.15) is 58.6 Å². The molecule has 0 aromatic heterocycles. The maximum absolute atomic E-state index is 15.0. The van der Waals surface area contributed by atoms with E-state index in [1.807, 2.05) is 0 Å². The van der Waals surface area contributed by atoms with E-state index in [0.717, 1.165) is 9.80 Å². The molecule has 0 aliphatic carbocycles. The van der Waals surface area contributed by atoms with Crippen molar-refractivity contribution in [1.29, 1.82) is 0 Å². The standard InChI is InChI=1S/2C20H15BF10N2O2.CH2Cl2/c2*1-6(2)32-5-33(7(3)4)21(35-20(32)34,8-10(22)14(26)18(30)15(27)11(8)23)9-12(24)16(28)19(31)17(29)13(9)25;2-1-3/h2*5-7H,1-4H3;1H2. The molecule has 4 aromatic rings. The molecule has 0 atom stereocenters. The second-order valence-electron chi connectivity index (χ2n) is 16.6. The van der Waals surface area contributed by atoms with E-state index in [1.54, 1.807) is 0 Å². The second-order valence-corrected chi connectivity index (χ2v) is 17.4. The lowest BCUT2D eigenvalue weighted by Crippen LogP contribution is -2.78. The molecular formula is C41H32B2Cl2F20N4O4. The highest BCUT2D eigenvalue weighted by atomic mass is 35.5. The molecule has 73 heavy (non-hydrogen) atoms. The van der Waals surface area contributed by atoms with Crippen LogP contribution in [0.3, 0.4) is 0 Å². The van der Waals surface area contributed by atoms with Crippen molar-refractivity contribution in [3.05, 3.63) is 116 Å². The van der Waals surface area contributed by atoms with Crippen molar-refractivity contribution in [3.8, 4) is 0 Å². The van der Waals surface area contributed by atoms with Gasteiger partial charge in [-0.05, 0) is 77.2 Å². The van der Waals surface area contributed by atoms with Crippen molar-refractivity contribution in [1.82, 2.24) is 9.80 Å². The molecule has 0 bridgehead atoms. The quantitative estimate of drug-likeness (QED) is 0.0581. The number of hydrogen-bond acceptors (Lipinski definition) is 4. The molecule has 400 valence electrons. The zero-order valence-electron chi connectivity index (χ0n) is 38.1. The van der Waals surface area contributed by atoms with Gasteiger partial charge in [0.2, 0.25) is 12.7 Å². The Labute approximate surface area is 408 Å². The van der Waals surface area contributed by atoms with Crippen molar-refractivity contribution < 1.29 is 116 Å². The first-order chi connectivity index (χ1) is 33.6. The summed E-state index contributed by atoms with van der Waals surface area (Å²) in [5.74, 6) is -53.1. The number of benzene rings is 4. The van der Waals surface area contributed by atoms with Crippen molar-refractivity contribution in [2.24, 2.45) is 0 Å². The fourth-order valence-corrected chi connectivity index (χ4v) is 7.88. The molecule has 2 heterocycles. The van der Waals surface area contributed by atoms with Gasteiger partial charge in [0.15, 0.2) is 69.8 Å². The van der Waals surface area contributed by atoms with Crippen LogP contribution in [0.1, 0.15) is 55.4 Å². The number of halogens is 22. The molecule has 0 saturated heterocycles. The number of carbonyl (C=O) groups excluding carboxylic acids is 2. The van der Waals surface area contributed by atoms with Crippen molar-refractivity contribution in [2.75, 3.05) is 5.34 Å². The number of amides is 2. The summed E-state index contributed by atoms with van der Waals surface area (Å²) in [5, 5.41) is 0.194. The molecule has 0 radical (unpaired) electrons. The lowest BCUT2D eigenvalue weighted by Gasteiger charge is -2.47. The molecule has 32 heteroatoms. The topological polar surface area (TPSA) is 65.1 Å². The third-order valence-corrected chi connectivity index (χ3v) is 11.2. The molecule has 2 amide bonds. The zero-order chi connectivity index (χ0) is 56.2. The first-order valence-electron chi connectivity index (χ1n) is 20.4. The largest absolute Gasteiger partial charge is 0.609 e. The van der Waals surface area contributed by atoms with E-state index in [0.29, 0.717) is 21.7 Å². The van der Waals surface area contributed by atoms with Gasteiger partial charge in [0, 0.05) is 12.1 Å². The van der Waals surface area contributed by atoms with Crippen LogP contribution < -0.4 is 21.9 Å². The van der Waals surface area contributed by atoms with E-state index in [2.05, 4.69) is 0 Å². The minimum atomic E-state index is -4.84. The minimum Gasteiger partial charge on any atom is -0.609 e. The fraction of sp³-hybridized carbons (Fsp3) is 0.317. The number of rotatable bonds is 8. The van der Waals surface area contributed by atoms with Crippen molar-refractivity contribution in [3.63, 3.8) is 0 Å². The normalized spacial score (nSPS) is 15.3. The average molecular weight is 1120 g/mol. The van der Waals surface area contributed by atoms with E-state index in [1.165, 1.54) is 55.4 Å². The van der Waals surface area contributed by atoms with Gasteiger partial charge in [-0.1, -0.05) is 0 Å². The van der Waals surface area contributed by atoms with Gasteiger partial charge in [-0.15, -0.1) is 23.2 Å². The molecule has 0 saturated carbocycles. The Morgan fingerprint density at radius 2 is 0.521 bits per heavy atom. The van der Waals surface area contributed by atoms with Gasteiger partial charge in [-0.25, -0.2) is 97.4 Å². The molecule has 4 aromatic carbocycles. The van der Waals surface area contributed by atoms with Crippen molar-refractivity contribution >= 4 is 82.9 Å². The first-order valence-corrected chi connectivity index (χ1v) is 21.5. The van der Waals surface area contributed by atoms with Crippen LogP contribution in [0.4, 0.5) is 97.4 Å². The van der Waals surface area contributed by atoms with Crippen LogP contribution in [0.25, 0.3) is 0 Å². The van der Waals surface area contributed by atoms with Gasteiger partial charge >= 0.3 is 25.2 Å². The Morgan fingerprint density at radius 3 is 0.658 bits per heavy atom.